The predicted molar refractivity (Wildman–Crippen MR) is 32.9 cm³/mol. The minimum absolute atomic E-state index is 0.00116. The van der Waals surface area contributed by atoms with Crippen molar-refractivity contribution in [2.75, 3.05) is 0 Å². The zero-order chi connectivity index (χ0) is 8.65. The van der Waals surface area contributed by atoms with Crippen molar-refractivity contribution >= 4 is 5.78 Å². The van der Waals surface area contributed by atoms with Crippen molar-refractivity contribution < 1.29 is 18.0 Å². The van der Waals surface area contributed by atoms with Crippen LogP contribution in [0, 0.1) is 11.8 Å². The summed E-state index contributed by atoms with van der Waals surface area (Å²) in [6, 6.07) is 0. The molecule has 11 heavy (non-hydrogen) atoms. The Bertz CT molecular complexity index is 167. The van der Waals surface area contributed by atoms with Gasteiger partial charge in [-0.3, -0.25) is 4.79 Å². The van der Waals surface area contributed by atoms with Crippen LogP contribution in [0.5, 0.6) is 0 Å². The summed E-state index contributed by atoms with van der Waals surface area (Å²) in [5.41, 5.74) is 0. The van der Waals surface area contributed by atoms with E-state index in [1.165, 1.54) is 6.92 Å². The van der Waals surface area contributed by atoms with Crippen LogP contribution in [0.3, 0.4) is 0 Å². The van der Waals surface area contributed by atoms with Gasteiger partial charge in [-0.15, -0.1) is 0 Å². The third-order valence-corrected chi connectivity index (χ3v) is 2.18. The topological polar surface area (TPSA) is 17.1 Å². The van der Waals surface area contributed by atoms with Crippen LogP contribution >= 0.6 is 0 Å². The van der Waals surface area contributed by atoms with Crippen LogP contribution in [0.25, 0.3) is 0 Å². The van der Waals surface area contributed by atoms with E-state index in [9.17, 15) is 18.0 Å². The van der Waals surface area contributed by atoms with E-state index in [-0.39, 0.29) is 24.5 Å². The van der Waals surface area contributed by atoms with Gasteiger partial charge in [0.1, 0.15) is 5.78 Å². The van der Waals surface area contributed by atoms with Crippen molar-refractivity contribution in [3.8, 4) is 0 Å². The van der Waals surface area contributed by atoms with Crippen molar-refractivity contribution in [1.29, 1.82) is 0 Å². The highest BCUT2D eigenvalue weighted by Crippen LogP contribution is 2.44. The maximum atomic E-state index is 11.8. The number of carbonyl (C=O) groups excluding carboxylic acids is 1. The summed E-state index contributed by atoms with van der Waals surface area (Å²) in [5, 5.41) is 0. The molecule has 1 saturated carbocycles. The van der Waals surface area contributed by atoms with Gasteiger partial charge in [0.15, 0.2) is 0 Å². The van der Waals surface area contributed by atoms with Crippen LogP contribution in [-0.4, -0.2) is 12.0 Å². The molecule has 0 heterocycles. The van der Waals surface area contributed by atoms with Gasteiger partial charge in [0.2, 0.25) is 0 Å². The van der Waals surface area contributed by atoms with Crippen molar-refractivity contribution in [1.82, 2.24) is 0 Å². The van der Waals surface area contributed by atoms with Gasteiger partial charge in [-0.1, -0.05) is 0 Å². The molecule has 1 aliphatic rings. The first-order chi connectivity index (χ1) is 4.91. The molecule has 0 bridgehead atoms. The van der Waals surface area contributed by atoms with Crippen molar-refractivity contribution in [2.45, 2.75) is 25.9 Å². The molecule has 1 aliphatic carbocycles. The minimum atomic E-state index is -4.09. The summed E-state index contributed by atoms with van der Waals surface area (Å²) in [7, 11) is 0. The first kappa shape index (κ1) is 8.56. The molecule has 0 aromatic heterocycles. The van der Waals surface area contributed by atoms with Crippen LogP contribution in [-0.2, 0) is 4.79 Å². The van der Waals surface area contributed by atoms with Crippen LogP contribution in [0.2, 0.25) is 0 Å². The Morgan fingerprint density at radius 3 is 2.09 bits per heavy atom. The molecule has 0 aromatic rings. The van der Waals surface area contributed by atoms with Gasteiger partial charge in [0.25, 0.3) is 0 Å². The van der Waals surface area contributed by atoms with E-state index in [1.54, 1.807) is 0 Å². The molecule has 1 nitrogen and oxygen atoms in total. The number of carbonyl (C=O) groups is 1. The highest BCUT2D eigenvalue weighted by Gasteiger charge is 2.48. The largest absolute Gasteiger partial charge is 0.391 e. The molecule has 0 aliphatic heterocycles. The van der Waals surface area contributed by atoms with Crippen molar-refractivity contribution in [3.63, 3.8) is 0 Å². The molecule has 1 rings (SSSR count). The second kappa shape index (κ2) is 2.50. The van der Waals surface area contributed by atoms with Gasteiger partial charge in [0, 0.05) is 5.92 Å². The maximum Gasteiger partial charge on any atom is 0.391 e. The average Bonchev–Trinajstić information content (AvgIpc) is 1.51. The monoisotopic (exact) mass is 166 g/mol. The zero-order valence-corrected chi connectivity index (χ0v) is 6.11. The Hall–Kier alpha value is -0.540. The van der Waals surface area contributed by atoms with Crippen molar-refractivity contribution in [2.24, 2.45) is 11.8 Å². The number of alkyl halides is 3. The lowest BCUT2D eigenvalue weighted by Gasteiger charge is -2.34. The van der Waals surface area contributed by atoms with E-state index >= 15 is 0 Å². The lowest BCUT2D eigenvalue weighted by molar-refractivity contribution is -0.203. The second-order valence-corrected chi connectivity index (χ2v) is 3.02. The molecule has 0 amide bonds. The Kier molecular flexibility index (Phi) is 1.94. The number of hydrogen-bond acceptors (Lipinski definition) is 1. The molecule has 0 atom stereocenters. The van der Waals surface area contributed by atoms with E-state index in [4.69, 9.17) is 0 Å². The molecule has 4 heteroatoms. The molecule has 0 saturated heterocycles. The third kappa shape index (κ3) is 1.73. The first-order valence-electron chi connectivity index (χ1n) is 3.48. The number of halogens is 3. The van der Waals surface area contributed by atoms with Gasteiger partial charge in [-0.2, -0.15) is 13.2 Å². The molecule has 0 spiro atoms. The summed E-state index contributed by atoms with van der Waals surface area (Å²) >= 11 is 0. The van der Waals surface area contributed by atoms with E-state index in [1.807, 2.05) is 0 Å². The summed E-state index contributed by atoms with van der Waals surface area (Å²) in [6.45, 7) is 1.34. The number of ketones is 1. The molecular formula is C7H9F3O. The van der Waals surface area contributed by atoms with Crippen molar-refractivity contribution in [3.05, 3.63) is 0 Å². The highest BCUT2D eigenvalue weighted by atomic mass is 19.4. The summed E-state index contributed by atoms with van der Waals surface area (Å²) in [5.74, 6) is -1.68. The zero-order valence-electron chi connectivity index (χ0n) is 6.11. The standard InChI is InChI=1S/C7H9F3O/c1-4(11)5-2-6(3-5)7(8,9)10/h5-6H,2-3H2,1H3/t5-,6-. The summed E-state index contributed by atoms with van der Waals surface area (Å²) < 4.78 is 35.5. The Morgan fingerprint density at radius 2 is 1.82 bits per heavy atom. The maximum absolute atomic E-state index is 11.8. The fourth-order valence-electron chi connectivity index (χ4n) is 1.22. The lowest BCUT2D eigenvalue weighted by atomic mass is 9.73. The minimum Gasteiger partial charge on any atom is -0.300 e. The van der Waals surface area contributed by atoms with E-state index in [0.717, 1.165) is 0 Å². The van der Waals surface area contributed by atoms with Gasteiger partial charge in [-0.25, -0.2) is 0 Å². The van der Waals surface area contributed by atoms with E-state index < -0.39 is 12.1 Å². The highest BCUT2D eigenvalue weighted by molar-refractivity contribution is 5.79. The van der Waals surface area contributed by atoms with E-state index in [2.05, 4.69) is 0 Å². The SMILES string of the molecule is CC(=O)[C@H]1C[C@H](C(F)(F)F)C1. The summed E-state index contributed by atoms with van der Waals surface area (Å²) in [6.07, 6.45) is -4.09. The van der Waals surface area contributed by atoms with Gasteiger partial charge in [0.05, 0.1) is 5.92 Å². The van der Waals surface area contributed by atoms with Gasteiger partial charge in [-0.05, 0) is 19.8 Å². The second-order valence-electron chi connectivity index (χ2n) is 3.02. The van der Waals surface area contributed by atoms with Gasteiger partial charge < -0.3 is 0 Å². The Balaban J connectivity index is 2.35. The Morgan fingerprint density at radius 1 is 1.36 bits per heavy atom. The third-order valence-electron chi connectivity index (χ3n) is 2.18. The quantitative estimate of drug-likeness (QED) is 0.583. The first-order valence-corrected chi connectivity index (χ1v) is 3.48. The van der Waals surface area contributed by atoms with Crippen LogP contribution < -0.4 is 0 Å². The van der Waals surface area contributed by atoms with Gasteiger partial charge >= 0.3 is 6.18 Å². The molecule has 64 valence electrons. The molecular weight excluding hydrogens is 157 g/mol. The van der Waals surface area contributed by atoms with Crippen LogP contribution in [0.15, 0.2) is 0 Å². The molecule has 0 unspecified atom stereocenters. The van der Waals surface area contributed by atoms with E-state index in [0.29, 0.717) is 0 Å². The molecule has 1 fully saturated rings. The number of rotatable bonds is 1. The average molecular weight is 166 g/mol. The Labute approximate surface area is 62.6 Å². The summed E-state index contributed by atoms with van der Waals surface area (Å²) in [4.78, 5) is 10.5. The molecule has 0 N–H and O–H groups in total. The van der Waals surface area contributed by atoms with Crippen LogP contribution in [0.1, 0.15) is 19.8 Å². The molecule has 0 aromatic carbocycles. The normalized spacial score (nSPS) is 31.3. The molecule has 0 radical (unpaired) electrons. The predicted octanol–water partition coefficient (Wildman–Crippen LogP) is 2.16. The fraction of sp³-hybridized carbons (Fsp3) is 0.857. The number of hydrogen-bond donors (Lipinski definition) is 0. The smallest absolute Gasteiger partial charge is 0.300 e. The lowest BCUT2D eigenvalue weighted by Crippen LogP contribution is -2.38. The number of Topliss-reactive ketones (excluding diaryl/α,β-unsaturated/α-hetero) is 1. The fourth-order valence-corrected chi connectivity index (χ4v) is 1.22. The van der Waals surface area contributed by atoms with Crippen LogP contribution in [0.4, 0.5) is 13.2 Å².